The van der Waals surface area contributed by atoms with Gasteiger partial charge < -0.3 is 0 Å². The molecule has 0 rings (SSSR count). The molecule has 0 aliphatic carbocycles. The molecule has 64 valence electrons. The largest absolute Gasteiger partial charge is 0.269 e. The summed E-state index contributed by atoms with van der Waals surface area (Å²) in [5.41, 5.74) is 0. The predicted octanol–water partition coefficient (Wildman–Crippen LogP) is 3.93. The maximum absolute atomic E-state index is 2.45. The van der Waals surface area contributed by atoms with Crippen molar-refractivity contribution in [1.29, 1.82) is 0 Å². The van der Waals surface area contributed by atoms with Crippen LogP contribution in [0.25, 0.3) is 0 Å². The highest BCUT2D eigenvalue weighted by atomic mass is 127. The van der Waals surface area contributed by atoms with E-state index < -0.39 is 0 Å². The quantitative estimate of drug-likeness (QED) is 0.385. The van der Waals surface area contributed by atoms with E-state index in [1.165, 1.54) is 43.0 Å². The summed E-state index contributed by atoms with van der Waals surface area (Å²) in [6, 6.07) is 0. The summed E-state index contributed by atoms with van der Waals surface area (Å²) in [6.45, 7) is 2.26. The van der Waals surface area contributed by atoms with Crippen LogP contribution in [-0.4, -0.2) is 4.43 Å². The minimum atomic E-state index is 0. The van der Waals surface area contributed by atoms with Gasteiger partial charge in [-0.2, -0.15) is 0 Å². The summed E-state index contributed by atoms with van der Waals surface area (Å²) in [5, 5.41) is 0. The van der Waals surface area contributed by atoms with E-state index >= 15 is 0 Å². The van der Waals surface area contributed by atoms with E-state index in [4.69, 9.17) is 0 Å². The average Bonchev–Trinajstić information content (AvgIpc) is 1.89. The van der Waals surface area contributed by atoms with Crippen LogP contribution in [0.1, 0.15) is 45.4 Å². The minimum absolute atomic E-state index is 0. The summed E-state index contributed by atoms with van der Waals surface area (Å²) in [7, 11) is 0. The number of hydrogen-bond acceptors (Lipinski definition) is 0. The molecule has 0 nitrogen and oxygen atoms in total. The molecule has 0 aliphatic heterocycles. The molecule has 0 bridgehead atoms. The van der Waals surface area contributed by atoms with Crippen molar-refractivity contribution >= 4 is 22.6 Å². The molecule has 0 saturated heterocycles. The molecule has 0 fully saturated rings. The molecule has 0 aromatic carbocycles. The Labute approximate surface area is 77.3 Å². The van der Waals surface area contributed by atoms with Crippen LogP contribution in [-0.2, 0) is 0 Å². The zero-order valence-electron chi connectivity index (χ0n) is 6.74. The Bertz CT molecular complexity index is 42.5. The Kier molecular flexibility index (Phi) is 16.4. The molecule has 0 spiro atoms. The standard InChI is InChI=1S/C8H17I.FH/c1-2-3-4-5-6-7-8-9;/h2-8H2,1H3;1H. The van der Waals surface area contributed by atoms with Crippen LogP contribution in [0.3, 0.4) is 0 Å². The summed E-state index contributed by atoms with van der Waals surface area (Å²) in [6.07, 6.45) is 8.57. The normalized spacial score (nSPS) is 9.00. The lowest BCUT2D eigenvalue weighted by Crippen LogP contribution is -1.77. The van der Waals surface area contributed by atoms with Gasteiger partial charge in [0.1, 0.15) is 0 Å². The third-order valence-corrected chi connectivity index (χ3v) is 2.25. The molecule has 0 amide bonds. The molecular weight excluding hydrogens is 242 g/mol. The van der Waals surface area contributed by atoms with Crippen LogP contribution in [0.15, 0.2) is 0 Å². The fourth-order valence-corrected chi connectivity index (χ4v) is 1.41. The van der Waals surface area contributed by atoms with Gasteiger partial charge >= 0.3 is 0 Å². The van der Waals surface area contributed by atoms with Crippen LogP contribution in [0.4, 0.5) is 4.70 Å². The van der Waals surface area contributed by atoms with Gasteiger partial charge in [0.15, 0.2) is 0 Å². The van der Waals surface area contributed by atoms with E-state index in [1.807, 2.05) is 0 Å². The predicted molar refractivity (Wildman–Crippen MR) is 54.8 cm³/mol. The van der Waals surface area contributed by atoms with E-state index in [9.17, 15) is 0 Å². The van der Waals surface area contributed by atoms with Crippen LogP contribution in [0.2, 0.25) is 0 Å². The second-order valence-corrected chi connectivity index (χ2v) is 3.54. The number of hydrogen-bond donors (Lipinski definition) is 0. The van der Waals surface area contributed by atoms with Crippen molar-refractivity contribution in [2.24, 2.45) is 0 Å². The Balaban J connectivity index is 0. The average molecular weight is 260 g/mol. The van der Waals surface area contributed by atoms with Crippen LogP contribution in [0.5, 0.6) is 0 Å². The fraction of sp³-hybridized carbons (Fsp3) is 1.00. The van der Waals surface area contributed by atoms with Crippen molar-refractivity contribution < 1.29 is 4.70 Å². The van der Waals surface area contributed by atoms with Gasteiger partial charge in [0.05, 0.1) is 0 Å². The van der Waals surface area contributed by atoms with E-state index in [0.717, 1.165) is 0 Å². The third kappa shape index (κ3) is 11.5. The lowest BCUT2D eigenvalue weighted by Gasteiger charge is -1.95. The highest BCUT2D eigenvalue weighted by molar-refractivity contribution is 14.1. The maximum Gasteiger partial charge on any atom is -0.000473 e. The zero-order chi connectivity index (χ0) is 6.95. The molecule has 0 aliphatic rings. The van der Waals surface area contributed by atoms with Crippen molar-refractivity contribution in [3.05, 3.63) is 0 Å². The van der Waals surface area contributed by atoms with Crippen LogP contribution < -0.4 is 0 Å². The number of unbranched alkanes of at least 4 members (excludes halogenated alkanes) is 5. The molecule has 0 atom stereocenters. The van der Waals surface area contributed by atoms with Crippen LogP contribution in [0, 0.1) is 0 Å². The second-order valence-electron chi connectivity index (χ2n) is 2.46. The van der Waals surface area contributed by atoms with Gasteiger partial charge in [-0.1, -0.05) is 61.6 Å². The fourth-order valence-electron chi connectivity index (χ4n) is 0.875. The molecule has 0 aromatic heterocycles. The first-order valence-electron chi connectivity index (χ1n) is 3.97. The van der Waals surface area contributed by atoms with E-state index in [-0.39, 0.29) is 4.70 Å². The summed E-state index contributed by atoms with van der Waals surface area (Å²) in [5.74, 6) is 0. The number of halogens is 2. The Hall–Kier alpha value is 0.660. The first kappa shape index (κ1) is 13.3. The summed E-state index contributed by atoms with van der Waals surface area (Å²) in [4.78, 5) is 0. The van der Waals surface area contributed by atoms with Gasteiger partial charge in [-0.3, -0.25) is 4.70 Å². The monoisotopic (exact) mass is 260 g/mol. The van der Waals surface area contributed by atoms with E-state index in [1.54, 1.807) is 0 Å². The van der Waals surface area contributed by atoms with Gasteiger partial charge in [0, 0.05) is 0 Å². The second kappa shape index (κ2) is 12.3. The van der Waals surface area contributed by atoms with Crippen molar-refractivity contribution in [1.82, 2.24) is 0 Å². The Morgan fingerprint density at radius 2 is 1.40 bits per heavy atom. The number of alkyl halides is 1. The third-order valence-electron chi connectivity index (χ3n) is 1.49. The van der Waals surface area contributed by atoms with Crippen molar-refractivity contribution in [3.63, 3.8) is 0 Å². The van der Waals surface area contributed by atoms with Crippen molar-refractivity contribution in [2.45, 2.75) is 45.4 Å². The molecule has 0 N–H and O–H groups in total. The van der Waals surface area contributed by atoms with Gasteiger partial charge in [0.25, 0.3) is 0 Å². The van der Waals surface area contributed by atoms with Crippen molar-refractivity contribution in [3.8, 4) is 0 Å². The zero-order valence-corrected chi connectivity index (χ0v) is 8.89. The minimum Gasteiger partial charge on any atom is -0.269 e. The van der Waals surface area contributed by atoms with Gasteiger partial charge in [-0.15, -0.1) is 0 Å². The lowest BCUT2D eigenvalue weighted by molar-refractivity contribution is 0.629. The van der Waals surface area contributed by atoms with Gasteiger partial charge in [0.2, 0.25) is 0 Å². The summed E-state index contributed by atoms with van der Waals surface area (Å²) >= 11 is 2.45. The van der Waals surface area contributed by atoms with Crippen molar-refractivity contribution in [2.75, 3.05) is 4.43 Å². The molecule has 2 heteroatoms. The molecule has 0 radical (unpaired) electrons. The van der Waals surface area contributed by atoms with Gasteiger partial charge in [-0.05, 0) is 10.8 Å². The topological polar surface area (TPSA) is 0 Å². The first-order valence-corrected chi connectivity index (χ1v) is 5.50. The first-order chi connectivity index (χ1) is 4.41. The smallest absolute Gasteiger partial charge is 0.000473 e. The molecule has 10 heavy (non-hydrogen) atoms. The Morgan fingerprint density at radius 1 is 0.900 bits per heavy atom. The molecule has 0 aromatic rings. The maximum atomic E-state index is 2.45. The summed E-state index contributed by atoms with van der Waals surface area (Å²) < 4.78 is 1.34. The van der Waals surface area contributed by atoms with Crippen LogP contribution >= 0.6 is 22.6 Å². The van der Waals surface area contributed by atoms with E-state index in [2.05, 4.69) is 29.5 Å². The Morgan fingerprint density at radius 3 is 1.90 bits per heavy atom. The highest BCUT2D eigenvalue weighted by Crippen LogP contribution is 2.05. The SMILES string of the molecule is CCCCCCCCI.F. The molecule has 0 saturated carbocycles. The molecule has 0 unspecified atom stereocenters. The molecule has 0 heterocycles. The van der Waals surface area contributed by atoms with E-state index in [0.29, 0.717) is 0 Å². The number of rotatable bonds is 6. The molecular formula is C8H18FI. The highest BCUT2D eigenvalue weighted by Gasteiger charge is 1.86. The van der Waals surface area contributed by atoms with Gasteiger partial charge in [-0.25, -0.2) is 0 Å². The lowest BCUT2D eigenvalue weighted by atomic mass is 10.1.